The lowest BCUT2D eigenvalue weighted by atomic mass is 10.0. The highest BCUT2D eigenvalue weighted by atomic mass is 16.3. The number of rotatable bonds is 4. The molecule has 0 radical (unpaired) electrons. The first-order chi connectivity index (χ1) is 10.2. The van der Waals surface area contributed by atoms with E-state index in [0.717, 1.165) is 24.8 Å². The second-order valence-electron chi connectivity index (χ2n) is 5.08. The Morgan fingerprint density at radius 1 is 1.05 bits per heavy atom. The van der Waals surface area contributed by atoms with E-state index in [0.29, 0.717) is 10.9 Å². The summed E-state index contributed by atoms with van der Waals surface area (Å²) >= 11 is 0. The third kappa shape index (κ3) is 2.94. The third-order valence-electron chi connectivity index (χ3n) is 3.56. The van der Waals surface area contributed by atoms with Gasteiger partial charge in [0.05, 0.1) is 11.7 Å². The fourth-order valence-corrected chi connectivity index (χ4v) is 2.50. The van der Waals surface area contributed by atoms with Crippen molar-refractivity contribution in [2.75, 3.05) is 0 Å². The van der Waals surface area contributed by atoms with Gasteiger partial charge in [0.25, 0.3) is 5.56 Å². The van der Waals surface area contributed by atoms with Crippen LogP contribution >= 0.6 is 0 Å². The van der Waals surface area contributed by atoms with Crippen LogP contribution in [0.5, 0.6) is 5.75 Å². The number of phenols is 1. The molecule has 4 nitrogen and oxygen atoms in total. The predicted molar refractivity (Wildman–Crippen MR) is 82.5 cm³/mol. The molecule has 0 aliphatic carbocycles. The van der Waals surface area contributed by atoms with Crippen molar-refractivity contribution in [3.63, 3.8) is 0 Å². The minimum atomic E-state index is -0.222. The van der Waals surface area contributed by atoms with Crippen molar-refractivity contribution in [3.8, 4) is 5.75 Å². The minimum absolute atomic E-state index is 0.0633. The molecule has 0 saturated carbocycles. The van der Waals surface area contributed by atoms with E-state index in [4.69, 9.17) is 0 Å². The third-order valence-corrected chi connectivity index (χ3v) is 3.56. The molecule has 4 heteroatoms. The number of fused-ring (bicyclic) bond motifs is 1. The van der Waals surface area contributed by atoms with Gasteiger partial charge in [0.2, 0.25) is 0 Å². The lowest BCUT2D eigenvalue weighted by molar-refractivity contribution is 0.479. The molecular weight excluding hydrogens is 264 g/mol. The van der Waals surface area contributed by atoms with Crippen molar-refractivity contribution < 1.29 is 5.11 Å². The van der Waals surface area contributed by atoms with E-state index in [9.17, 15) is 9.90 Å². The Kier molecular flexibility index (Phi) is 3.69. The monoisotopic (exact) mass is 280 g/mol. The first-order valence-corrected chi connectivity index (χ1v) is 6.97. The molecule has 0 aliphatic heterocycles. The minimum Gasteiger partial charge on any atom is -0.506 e. The van der Waals surface area contributed by atoms with Crippen LogP contribution in [0.15, 0.2) is 53.6 Å². The fourth-order valence-electron chi connectivity index (χ4n) is 2.50. The standard InChI is InChI=1S/C17H16N2O2/c20-15-10-13(8-4-7-12-5-2-1-3-6-12)9-14-16(15)18-11-19-17(14)21/h1-3,5-6,9-11,20H,4,7-8H2,(H,18,19,21). The number of aromatic hydroxyl groups is 1. The molecule has 0 saturated heterocycles. The molecule has 2 aromatic carbocycles. The van der Waals surface area contributed by atoms with Crippen LogP contribution in [-0.2, 0) is 12.8 Å². The van der Waals surface area contributed by atoms with Crippen LogP contribution in [0.25, 0.3) is 10.9 Å². The molecule has 0 atom stereocenters. The summed E-state index contributed by atoms with van der Waals surface area (Å²) in [4.78, 5) is 18.3. The van der Waals surface area contributed by atoms with Gasteiger partial charge in [-0.1, -0.05) is 30.3 Å². The fraction of sp³-hybridized carbons (Fsp3) is 0.176. The second-order valence-corrected chi connectivity index (χ2v) is 5.08. The molecule has 0 bridgehead atoms. The van der Waals surface area contributed by atoms with Gasteiger partial charge in [-0.25, -0.2) is 4.98 Å². The molecule has 1 aromatic heterocycles. The van der Waals surface area contributed by atoms with Gasteiger partial charge in [0.1, 0.15) is 11.3 Å². The maximum Gasteiger partial charge on any atom is 0.258 e. The Balaban J connectivity index is 1.78. The summed E-state index contributed by atoms with van der Waals surface area (Å²) in [5.41, 5.74) is 2.38. The van der Waals surface area contributed by atoms with Crippen LogP contribution in [0.3, 0.4) is 0 Å². The van der Waals surface area contributed by atoms with Gasteiger partial charge in [0, 0.05) is 0 Å². The van der Waals surface area contributed by atoms with Crippen LogP contribution in [0.4, 0.5) is 0 Å². The van der Waals surface area contributed by atoms with E-state index in [1.54, 1.807) is 6.07 Å². The van der Waals surface area contributed by atoms with E-state index in [-0.39, 0.29) is 11.3 Å². The number of phenolic OH excluding ortho intramolecular Hbond substituents is 1. The Morgan fingerprint density at radius 3 is 2.62 bits per heavy atom. The number of nitrogens with one attached hydrogen (secondary N) is 1. The molecule has 0 aliphatic rings. The Morgan fingerprint density at radius 2 is 1.81 bits per heavy atom. The summed E-state index contributed by atoms with van der Waals surface area (Å²) in [6.07, 6.45) is 4.06. The molecule has 2 N–H and O–H groups in total. The quantitative estimate of drug-likeness (QED) is 0.772. The van der Waals surface area contributed by atoms with Gasteiger partial charge in [0.15, 0.2) is 0 Å². The predicted octanol–water partition coefficient (Wildman–Crippen LogP) is 2.80. The molecule has 1 heterocycles. The molecule has 3 aromatic rings. The van der Waals surface area contributed by atoms with Crippen LogP contribution in [0.2, 0.25) is 0 Å². The highest BCUT2D eigenvalue weighted by Gasteiger charge is 2.07. The summed E-state index contributed by atoms with van der Waals surface area (Å²) in [6.45, 7) is 0. The number of benzene rings is 2. The summed E-state index contributed by atoms with van der Waals surface area (Å²) in [7, 11) is 0. The average Bonchev–Trinajstić information content (AvgIpc) is 2.50. The molecular formula is C17H16N2O2. The van der Waals surface area contributed by atoms with Crippen molar-refractivity contribution in [2.45, 2.75) is 19.3 Å². The Bertz CT molecular complexity index is 810. The molecule has 21 heavy (non-hydrogen) atoms. The van der Waals surface area contributed by atoms with Gasteiger partial charge >= 0.3 is 0 Å². The maximum atomic E-state index is 11.8. The van der Waals surface area contributed by atoms with Gasteiger partial charge in [-0.3, -0.25) is 4.79 Å². The van der Waals surface area contributed by atoms with E-state index in [1.807, 2.05) is 24.3 Å². The van der Waals surface area contributed by atoms with Crippen molar-refractivity contribution in [3.05, 3.63) is 70.3 Å². The van der Waals surface area contributed by atoms with Crippen molar-refractivity contribution in [1.29, 1.82) is 0 Å². The van der Waals surface area contributed by atoms with Crippen molar-refractivity contribution in [1.82, 2.24) is 9.97 Å². The van der Waals surface area contributed by atoms with Gasteiger partial charge in [-0.15, -0.1) is 0 Å². The number of aromatic nitrogens is 2. The number of nitrogens with zero attached hydrogens (tertiary/aromatic N) is 1. The summed E-state index contributed by atoms with van der Waals surface area (Å²) in [6, 6.07) is 13.8. The zero-order chi connectivity index (χ0) is 14.7. The van der Waals surface area contributed by atoms with Crippen LogP contribution in [0.1, 0.15) is 17.5 Å². The highest BCUT2D eigenvalue weighted by Crippen LogP contribution is 2.23. The molecule has 0 spiro atoms. The van der Waals surface area contributed by atoms with Gasteiger partial charge in [-0.2, -0.15) is 0 Å². The zero-order valence-corrected chi connectivity index (χ0v) is 11.5. The summed E-state index contributed by atoms with van der Waals surface area (Å²) in [5.74, 6) is 0.0633. The topological polar surface area (TPSA) is 66.0 Å². The summed E-state index contributed by atoms with van der Waals surface area (Å²) < 4.78 is 0. The van der Waals surface area contributed by atoms with Crippen LogP contribution in [0, 0.1) is 0 Å². The Labute approximate surface area is 122 Å². The van der Waals surface area contributed by atoms with Crippen molar-refractivity contribution >= 4 is 10.9 Å². The van der Waals surface area contributed by atoms with E-state index >= 15 is 0 Å². The summed E-state index contributed by atoms with van der Waals surface area (Å²) in [5, 5.41) is 10.4. The van der Waals surface area contributed by atoms with Gasteiger partial charge in [-0.05, 0) is 42.5 Å². The zero-order valence-electron chi connectivity index (χ0n) is 11.5. The second kappa shape index (κ2) is 5.79. The van der Waals surface area contributed by atoms with E-state index in [2.05, 4.69) is 22.1 Å². The number of hydrogen-bond donors (Lipinski definition) is 2. The van der Waals surface area contributed by atoms with Crippen molar-refractivity contribution in [2.24, 2.45) is 0 Å². The first kappa shape index (κ1) is 13.4. The lowest BCUT2D eigenvalue weighted by Crippen LogP contribution is -2.06. The molecule has 0 unspecified atom stereocenters. The normalized spacial score (nSPS) is 10.9. The number of aryl methyl sites for hydroxylation is 2. The number of aromatic amines is 1. The average molecular weight is 280 g/mol. The highest BCUT2D eigenvalue weighted by molar-refractivity contribution is 5.83. The number of hydrogen-bond acceptors (Lipinski definition) is 3. The van der Waals surface area contributed by atoms with Crippen LogP contribution < -0.4 is 5.56 Å². The number of H-pyrrole nitrogens is 1. The molecule has 106 valence electrons. The molecule has 0 amide bonds. The maximum absolute atomic E-state index is 11.8. The first-order valence-electron chi connectivity index (χ1n) is 6.97. The largest absolute Gasteiger partial charge is 0.506 e. The molecule has 3 rings (SSSR count). The van der Waals surface area contributed by atoms with E-state index in [1.165, 1.54) is 11.9 Å². The lowest BCUT2D eigenvalue weighted by Gasteiger charge is -2.05. The smallest absolute Gasteiger partial charge is 0.258 e. The molecule has 0 fully saturated rings. The Hall–Kier alpha value is -2.62. The van der Waals surface area contributed by atoms with E-state index < -0.39 is 0 Å². The van der Waals surface area contributed by atoms with Crippen LogP contribution in [-0.4, -0.2) is 15.1 Å². The van der Waals surface area contributed by atoms with Gasteiger partial charge < -0.3 is 10.1 Å². The SMILES string of the molecule is O=c1[nH]cnc2c(O)cc(CCCc3ccccc3)cc12.